The summed E-state index contributed by atoms with van der Waals surface area (Å²) in [6.07, 6.45) is 12.4. The number of aliphatic imine (C=N–C) groups is 1. The lowest BCUT2D eigenvalue weighted by Gasteiger charge is -2.13. The van der Waals surface area contributed by atoms with Crippen LogP contribution in [0.4, 0.5) is 0 Å². The van der Waals surface area contributed by atoms with Crippen molar-refractivity contribution in [3.05, 3.63) is 35.1 Å². The van der Waals surface area contributed by atoms with E-state index in [9.17, 15) is 0 Å². The Labute approximate surface area is 165 Å². The second-order valence-electron chi connectivity index (χ2n) is 6.26. The molecule has 0 aromatic carbocycles. The summed E-state index contributed by atoms with van der Waals surface area (Å²) in [5.74, 6) is 0.778. The Kier molecular flexibility index (Phi) is 14.6. The molecule has 0 radical (unpaired) electrons. The molecule has 0 aromatic heterocycles. The van der Waals surface area contributed by atoms with Crippen LogP contribution < -0.4 is 21.7 Å². The Morgan fingerprint density at radius 3 is 2.54 bits per heavy atom. The molecule has 1 atom stereocenters. The maximum atomic E-state index is 5.48. The van der Waals surface area contributed by atoms with Crippen molar-refractivity contribution in [2.75, 3.05) is 13.6 Å². The van der Waals surface area contributed by atoms with E-state index in [4.69, 9.17) is 12.2 Å². The standard InChI is InChI=1S/C20H37N5S/c1-7-11-18(24-21-6)14-17(5)19(9-3)20(26)25-23-15-22-13-10-12-16(4)8-2/h9,11,14-16,21,24H,7-8,10,12-13H2,1-6H3,(H,22,23)(H,25,26)/b17-14-,18-11-,19-9+. The molecule has 0 bridgehead atoms. The molecule has 0 aliphatic rings. The minimum Gasteiger partial charge on any atom is -0.322 e. The van der Waals surface area contributed by atoms with E-state index >= 15 is 0 Å². The lowest BCUT2D eigenvalue weighted by atomic mass is 10.0. The number of nitrogens with zero attached hydrogens (tertiary/aromatic N) is 1. The van der Waals surface area contributed by atoms with E-state index in [0.29, 0.717) is 4.99 Å². The van der Waals surface area contributed by atoms with Crippen LogP contribution in [-0.4, -0.2) is 24.9 Å². The first-order valence-electron chi connectivity index (χ1n) is 9.52. The average Bonchev–Trinajstić information content (AvgIpc) is 2.61. The fraction of sp³-hybridized carbons (Fsp3) is 0.600. The molecule has 5 nitrogen and oxygen atoms in total. The molecule has 0 aliphatic heterocycles. The number of rotatable bonds is 13. The maximum Gasteiger partial charge on any atom is 0.125 e. The zero-order chi connectivity index (χ0) is 19.8. The van der Waals surface area contributed by atoms with Crippen LogP contribution in [0.25, 0.3) is 0 Å². The summed E-state index contributed by atoms with van der Waals surface area (Å²) in [5.41, 5.74) is 15.2. The van der Waals surface area contributed by atoms with E-state index in [0.717, 1.165) is 42.1 Å². The summed E-state index contributed by atoms with van der Waals surface area (Å²) in [6, 6.07) is 0. The van der Waals surface area contributed by atoms with Crippen molar-refractivity contribution in [3.63, 3.8) is 0 Å². The van der Waals surface area contributed by atoms with Crippen molar-refractivity contribution < 1.29 is 0 Å². The van der Waals surface area contributed by atoms with E-state index in [1.54, 1.807) is 6.34 Å². The lowest BCUT2D eigenvalue weighted by molar-refractivity contribution is 0.500. The van der Waals surface area contributed by atoms with Gasteiger partial charge in [-0.15, -0.1) is 0 Å². The van der Waals surface area contributed by atoms with Crippen molar-refractivity contribution in [1.29, 1.82) is 0 Å². The summed E-state index contributed by atoms with van der Waals surface area (Å²) in [7, 11) is 1.85. The minimum absolute atomic E-state index is 0.646. The largest absolute Gasteiger partial charge is 0.322 e. The van der Waals surface area contributed by atoms with E-state index < -0.39 is 0 Å². The second-order valence-corrected chi connectivity index (χ2v) is 6.67. The Hall–Kier alpha value is -1.66. The Morgan fingerprint density at radius 2 is 1.96 bits per heavy atom. The molecule has 0 saturated heterocycles. The summed E-state index contributed by atoms with van der Waals surface area (Å²) in [4.78, 5) is 5.00. The van der Waals surface area contributed by atoms with Crippen LogP contribution in [0.15, 0.2) is 40.1 Å². The molecular formula is C20H37N5S. The van der Waals surface area contributed by atoms with E-state index in [-0.39, 0.29) is 0 Å². The van der Waals surface area contributed by atoms with Gasteiger partial charge in [-0.25, -0.2) is 5.43 Å². The van der Waals surface area contributed by atoms with Crippen molar-refractivity contribution in [2.45, 2.75) is 60.3 Å². The first kappa shape index (κ1) is 24.3. The molecule has 0 aromatic rings. The van der Waals surface area contributed by atoms with Crippen LogP contribution in [0.2, 0.25) is 0 Å². The van der Waals surface area contributed by atoms with Gasteiger partial charge in [0.2, 0.25) is 0 Å². The molecular weight excluding hydrogens is 342 g/mol. The molecule has 0 aliphatic carbocycles. The van der Waals surface area contributed by atoms with Gasteiger partial charge in [0.05, 0.1) is 0 Å². The predicted molar refractivity (Wildman–Crippen MR) is 119 cm³/mol. The predicted octanol–water partition coefficient (Wildman–Crippen LogP) is 4.17. The average molecular weight is 380 g/mol. The van der Waals surface area contributed by atoms with Crippen LogP contribution in [0.5, 0.6) is 0 Å². The third kappa shape index (κ3) is 11.1. The second kappa shape index (κ2) is 15.6. The van der Waals surface area contributed by atoms with Gasteiger partial charge in [0, 0.05) is 24.9 Å². The summed E-state index contributed by atoms with van der Waals surface area (Å²) in [5, 5.41) is 0. The van der Waals surface area contributed by atoms with Gasteiger partial charge in [0.1, 0.15) is 11.3 Å². The molecule has 148 valence electrons. The molecule has 0 rings (SSSR count). The molecule has 6 heteroatoms. The van der Waals surface area contributed by atoms with Crippen molar-refractivity contribution in [3.8, 4) is 0 Å². The number of hydrogen-bond donors (Lipinski definition) is 4. The third-order valence-corrected chi connectivity index (χ3v) is 4.37. The SMILES string of the molecule is C\C=C(C(=S)NNC=NCCCC(C)CC)/C(C)=C\C(=C\CC)NNC. The van der Waals surface area contributed by atoms with Crippen molar-refractivity contribution >= 4 is 23.5 Å². The monoisotopic (exact) mass is 379 g/mol. The molecule has 0 fully saturated rings. The highest BCUT2D eigenvalue weighted by Crippen LogP contribution is 2.13. The first-order chi connectivity index (χ1) is 12.5. The lowest BCUT2D eigenvalue weighted by Crippen LogP contribution is -2.36. The smallest absolute Gasteiger partial charge is 0.125 e. The van der Waals surface area contributed by atoms with Crippen LogP contribution >= 0.6 is 12.2 Å². The molecule has 4 N–H and O–H groups in total. The number of thiocarbonyl (C=S) groups is 1. The van der Waals surface area contributed by atoms with Gasteiger partial charge in [-0.3, -0.25) is 15.8 Å². The summed E-state index contributed by atoms with van der Waals surface area (Å²) in [6.45, 7) is 11.5. The summed E-state index contributed by atoms with van der Waals surface area (Å²) >= 11 is 5.48. The van der Waals surface area contributed by atoms with Gasteiger partial charge < -0.3 is 5.43 Å². The van der Waals surface area contributed by atoms with Crippen molar-refractivity contribution in [1.82, 2.24) is 21.7 Å². The van der Waals surface area contributed by atoms with Crippen LogP contribution in [0.3, 0.4) is 0 Å². The third-order valence-electron chi connectivity index (χ3n) is 4.05. The van der Waals surface area contributed by atoms with E-state index in [2.05, 4.69) is 59.6 Å². The highest BCUT2D eigenvalue weighted by atomic mass is 32.1. The summed E-state index contributed by atoms with van der Waals surface area (Å²) < 4.78 is 0. The highest BCUT2D eigenvalue weighted by molar-refractivity contribution is 7.80. The fourth-order valence-corrected chi connectivity index (χ4v) is 2.71. The van der Waals surface area contributed by atoms with E-state index in [1.807, 2.05) is 27.0 Å². The number of hydrazine groups is 2. The topological polar surface area (TPSA) is 60.5 Å². The van der Waals surface area contributed by atoms with Crippen LogP contribution in [0.1, 0.15) is 60.3 Å². The molecule has 0 amide bonds. The van der Waals surface area contributed by atoms with Crippen molar-refractivity contribution in [2.24, 2.45) is 10.9 Å². The number of nitrogens with one attached hydrogen (secondary N) is 4. The maximum absolute atomic E-state index is 5.48. The first-order valence-corrected chi connectivity index (χ1v) is 9.92. The zero-order valence-electron chi connectivity index (χ0n) is 17.3. The molecule has 0 spiro atoms. The van der Waals surface area contributed by atoms with Crippen LogP contribution in [-0.2, 0) is 0 Å². The number of hydrogen-bond acceptors (Lipinski definition) is 4. The minimum atomic E-state index is 0.646. The van der Waals surface area contributed by atoms with Gasteiger partial charge in [-0.1, -0.05) is 51.6 Å². The van der Waals surface area contributed by atoms with Gasteiger partial charge >= 0.3 is 0 Å². The quantitative estimate of drug-likeness (QED) is 0.0736. The highest BCUT2D eigenvalue weighted by Gasteiger charge is 2.06. The normalized spacial score (nSPS) is 14.5. The zero-order valence-corrected chi connectivity index (χ0v) is 18.1. The van der Waals surface area contributed by atoms with Gasteiger partial charge in [0.15, 0.2) is 0 Å². The Bertz CT molecular complexity index is 520. The fourth-order valence-electron chi connectivity index (χ4n) is 2.37. The Balaban J connectivity index is 4.50. The number of allylic oxidation sites excluding steroid dienone is 3. The molecule has 0 heterocycles. The van der Waals surface area contributed by atoms with Gasteiger partial charge in [0.25, 0.3) is 0 Å². The van der Waals surface area contributed by atoms with Crippen LogP contribution in [0, 0.1) is 5.92 Å². The van der Waals surface area contributed by atoms with Gasteiger partial charge in [-0.2, -0.15) is 0 Å². The molecule has 1 unspecified atom stereocenters. The van der Waals surface area contributed by atoms with Gasteiger partial charge in [-0.05, 0) is 50.7 Å². The van der Waals surface area contributed by atoms with E-state index in [1.165, 1.54) is 12.8 Å². The molecule has 26 heavy (non-hydrogen) atoms. The molecule has 0 saturated carbocycles. The Morgan fingerprint density at radius 1 is 1.23 bits per heavy atom.